The van der Waals surface area contributed by atoms with Crippen molar-refractivity contribution >= 4 is 11.5 Å². The van der Waals surface area contributed by atoms with E-state index in [1.807, 2.05) is 32.0 Å². The molecule has 3 aromatic rings. The zero-order valence-electron chi connectivity index (χ0n) is 16.9. The molecule has 1 heterocycles. The van der Waals surface area contributed by atoms with Crippen molar-refractivity contribution in [2.24, 2.45) is 7.05 Å². The van der Waals surface area contributed by atoms with Gasteiger partial charge in [0, 0.05) is 19.2 Å². The molecule has 30 heavy (non-hydrogen) atoms. The number of nitrogens with zero attached hydrogens (tertiary/aromatic N) is 5. The first-order valence-electron chi connectivity index (χ1n) is 9.28. The minimum atomic E-state index is -0.410. The zero-order chi connectivity index (χ0) is 21.7. The van der Waals surface area contributed by atoms with Crippen molar-refractivity contribution in [3.8, 4) is 23.9 Å². The molecule has 0 bridgehead atoms. The molecule has 2 aromatic carbocycles. The second-order valence-corrected chi connectivity index (χ2v) is 6.80. The van der Waals surface area contributed by atoms with Gasteiger partial charge in [-0.2, -0.15) is 15.5 Å². The Morgan fingerprint density at radius 2 is 1.80 bits per heavy atom. The van der Waals surface area contributed by atoms with Crippen LogP contribution in [0.15, 0.2) is 41.2 Å². The van der Waals surface area contributed by atoms with Crippen molar-refractivity contribution in [1.29, 1.82) is 10.5 Å². The number of rotatable bonds is 6. The summed E-state index contributed by atoms with van der Waals surface area (Å²) in [5.74, 6) is 0.673. The lowest BCUT2D eigenvalue weighted by Crippen LogP contribution is -2.24. The maximum atomic E-state index is 12.4. The molecule has 0 spiro atoms. The molecule has 0 aliphatic carbocycles. The minimum Gasteiger partial charge on any atom is -0.423 e. The Balaban J connectivity index is 1.89. The van der Waals surface area contributed by atoms with E-state index in [9.17, 15) is 4.79 Å². The van der Waals surface area contributed by atoms with Gasteiger partial charge >= 0.3 is 11.6 Å². The van der Waals surface area contributed by atoms with Crippen molar-refractivity contribution in [1.82, 2.24) is 14.8 Å². The number of ether oxygens (including phenoxy) is 1. The summed E-state index contributed by atoms with van der Waals surface area (Å²) in [6.45, 7) is 3.83. The Bertz CT molecular complexity index is 1190. The Kier molecular flexibility index (Phi) is 6.09. The Labute approximate surface area is 174 Å². The van der Waals surface area contributed by atoms with Crippen molar-refractivity contribution in [3.63, 3.8) is 0 Å². The summed E-state index contributed by atoms with van der Waals surface area (Å²) in [7, 11) is 1.52. The van der Waals surface area contributed by atoms with Crippen LogP contribution in [0.25, 0.3) is 0 Å². The van der Waals surface area contributed by atoms with Gasteiger partial charge in [0.2, 0.25) is 5.82 Å². The number of hydrogen-bond donors (Lipinski definition) is 1. The third kappa shape index (κ3) is 4.62. The minimum absolute atomic E-state index is 0.0317. The van der Waals surface area contributed by atoms with E-state index < -0.39 is 5.56 Å². The summed E-state index contributed by atoms with van der Waals surface area (Å²) in [6, 6.07) is 14.8. The van der Waals surface area contributed by atoms with Gasteiger partial charge in [-0.15, -0.1) is 5.10 Å². The van der Waals surface area contributed by atoms with E-state index in [-0.39, 0.29) is 11.8 Å². The van der Waals surface area contributed by atoms with Crippen LogP contribution in [0, 0.1) is 36.5 Å². The highest BCUT2D eigenvalue weighted by molar-refractivity contribution is 5.57. The number of aromatic nitrogens is 3. The number of nitrogens with one attached hydrogen (secondary N) is 1. The first kappa shape index (κ1) is 20.6. The molecule has 1 N–H and O–H groups in total. The highest BCUT2D eigenvalue weighted by Crippen LogP contribution is 2.29. The largest absolute Gasteiger partial charge is 0.423 e. The summed E-state index contributed by atoms with van der Waals surface area (Å²) in [4.78, 5) is 16.7. The Hall–Kier alpha value is -4.17. The van der Waals surface area contributed by atoms with Crippen molar-refractivity contribution < 1.29 is 4.74 Å². The van der Waals surface area contributed by atoms with Gasteiger partial charge in [-0.1, -0.05) is 12.1 Å². The maximum Gasteiger partial charge on any atom is 0.341 e. The lowest BCUT2D eigenvalue weighted by atomic mass is 10.0. The fourth-order valence-electron chi connectivity index (χ4n) is 3.02. The van der Waals surface area contributed by atoms with Gasteiger partial charge < -0.3 is 10.1 Å². The molecule has 0 aliphatic rings. The van der Waals surface area contributed by atoms with Crippen LogP contribution >= 0.6 is 0 Å². The van der Waals surface area contributed by atoms with Gasteiger partial charge in [-0.3, -0.25) is 4.79 Å². The third-order valence-electron chi connectivity index (χ3n) is 4.46. The summed E-state index contributed by atoms with van der Waals surface area (Å²) < 4.78 is 7.07. The van der Waals surface area contributed by atoms with Gasteiger partial charge in [0.15, 0.2) is 0 Å². The SMILES string of the molecule is Cc1cc(CCC#N)cc(C)c1Oc1nc(Nc2ccc(C#N)cc2)c(=O)n(C)n1. The van der Waals surface area contributed by atoms with Crippen molar-refractivity contribution in [3.05, 3.63) is 69.0 Å². The second-order valence-electron chi connectivity index (χ2n) is 6.80. The molecule has 0 aliphatic heterocycles. The van der Waals surface area contributed by atoms with Crippen LogP contribution in [0.1, 0.15) is 28.7 Å². The lowest BCUT2D eigenvalue weighted by Gasteiger charge is -2.14. The molecule has 0 unspecified atom stereocenters. The van der Waals surface area contributed by atoms with Gasteiger partial charge in [0.25, 0.3) is 0 Å². The third-order valence-corrected chi connectivity index (χ3v) is 4.46. The molecule has 8 nitrogen and oxygen atoms in total. The van der Waals surface area contributed by atoms with Gasteiger partial charge in [-0.05, 0) is 61.2 Å². The number of benzene rings is 2. The van der Waals surface area contributed by atoms with E-state index in [2.05, 4.69) is 21.5 Å². The predicted molar refractivity (Wildman–Crippen MR) is 112 cm³/mol. The zero-order valence-corrected chi connectivity index (χ0v) is 16.9. The maximum absolute atomic E-state index is 12.4. The fraction of sp³-hybridized carbons (Fsp3) is 0.227. The topological polar surface area (TPSA) is 117 Å². The molecular weight excluding hydrogens is 380 g/mol. The van der Waals surface area contributed by atoms with Crippen molar-refractivity contribution in [2.75, 3.05) is 5.32 Å². The number of nitriles is 2. The van der Waals surface area contributed by atoms with Crippen LogP contribution in [0.4, 0.5) is 11.5 Å². The monoisotopic (exact) mass is 400 g/mol. The van der Waals surface area contributed by atoms with Crippen LogP contribution in [0.2, 0.25) is 0 Å². The fourth-order valence-corrected chi connectivity index (χ4v) is 3.02. The molecule has 3 rings (SSSR count). The van der Waals surface area contributed by atoms with E-state index in [1.165, 1.54) is 7.05 Å². The molecule has 0 atom stereocenters. The number of anilines is 2. The van der Waals surface area contributed by atoms with E-state index in [1.54, 1.807) is 24.3 Å². The molecule has 8 heteroatoms. The normalized spacial score (nSPS) is 10.2. The molecule has 0 amide bonds. The first-order valence-corrected chi connectivity index (χ1v) is 9.28. The average Bonchev–Trinajstić information content (AvgIpc) is 2.73. The summed E-state index contributed by atoms with van der Waals surface area (Å²) in [5, 5.41) is 24.7. The quantitative estimate of drug-likeness (QED) is 0.671. The second kappa shape index (κ2) is 8.89. The highest BCUT2D eigenvalue weighted by atomic mass is 16.5. The van der Waals surface area contributed by atoms with E-state index in [0.717, 1.165) is 21.4 Å². The average molecular weight is 400 g/mol. The molecule has 0 radical (unpaired) electrons. The molecule has 0 fully saturated rings. The summed E-state index contributed by atoms with van der Waals surface area (Å²) in [5.41, 5.74) is 3.56. The molecule has 1 aromatic heterocycles. The van der Waals surface area contributed by atoms with E-state index in [4.69, 9.17) is 15.3 Å². The van der Waals surface area contributed by atoms with E-state index in [0.29, 0.717) is 29.8 Å². The smallest absolute Gasteiger partial charge is 0.341 e. The summed E-state index contributed by atoms with van der Waals surface area (Å²) in [6.07, 6.45) is 1.13. The van der Waals surface area contributed by atoms with Gasteiger partial charge in [0.1, 0.15) is 5.75 Å². The number of hydrogen-bond acceptors (Lipinski definition) is 7. The lowest BCUT2D eigenvalue weighted by molar-refractivity contribution is 0.413. The van der Waals surface area contributed by atoms with Crippen LogP contribution in [0.5, 0.6) is 11.8 Å². The molecular formula is C22H20N6O2. The molecule has 150 valence electrons. The molecule has 0 saturated heterocycles. The predicted octanol–water partition coefficient (Wildman–Crippen LogP) is 3.66. The first-order chi connectivity index (χ1) is 14.4. The van der Waals surface area contributed by atoms with Crippen molar-refractivity contribution in [2.45, 2.75) is 26.7 Å². The van der Waals surface area contributed by atoms with Gasteiger partial charge in [0.05, 0.1) is 17.7 Å². The summed E-state index contributed by atoms with van der Waals surface area (Å²) >= 11 is 0. The Morgan fingerprint density at radius 3 is 2.40 bits per heavy atom. The Morgan fingerprint density at radius 1 is 1.13 bits per heavy atom. The highest BCUT2D eigenvalue weighted by Gasteiger charge is 2.14. The number of aryl methyl sites for hydroxylation is 4. The van der Waals surface area contributed by atoms with Crippen LogP contribution in [-0.2, 0) is 13.5 Å². The van der Waals surface area contributed by atoms with Crippen LogP contribution in [-0.4, -0.2) is 14.8 Å². The standard InChI is InChI=1S/C22H20N6O2/c1-14-11-17(5-4-10-23)12-15(2)19(14)30-22-26-20(21(29)28(3)27-22)25-18-8-6-16(13-24)7-9-18/h6-9,11-12H,4-5H2,1-3H3,(H,25,26,27). The molecule has 0 saturated carbocycles. The van der Waals surface area contributed by atoms with Gasteiger partial charge in [-0.25, -0.2) is 4.68 Å². The van der Waals surface area contributed by atoms with Crippen LogP contribution in [0.3, 0.4) is 0 Å². The van der Waals surface area contributed by atoms with E-state index >= 15 is 0 Å². The van der Waals surface area contributed by atoms with Crippen LogP contribution < -0.4 is 15.6 Å².